The SMILES string of the molecule is COc1cccc(COC(=O)Nc2ccc(-c3cn[nH]c3)cc2OC2(C(N)=O)CC2)c1. The van der Waals surface area contributed by atoms with E-state index in [-0.39, 0.29) is 6.61 Å². The molecule has 0 spiro atoms. The third kappa shape index (κ3) is 4.61. The zero-order valence-electron chi connectivity index (χ0n) is 16.9. The quantitative estimate of drug-likeness (QED) is 0.511. The lowest BCUT2D eigenvalue weighted by molar-refractivity contribution is -0.126. The molecule has 4 rings (SSSR count). The van der Waals surface area contributed by atoms with Gasteiger partial charge in [0.2, 0.25) is 0 Å². The van der Waals surface area contributed by atoms with Gasteiger partial charge >= 0.3 is 6.09 Å². The molecule has 1 aliphatic carbocycles. The van der Waals surface area contributed by atoms with Gasteiger partial charge in [-0.3, -0.25) is 15.2 Å². The number of ether oxygens (including phenoxy) is 3. The number of methoxy groups -OCH3 is 1. The van der Waals surface area contributed by atoms with Crippen molar-refractivity contribution in [1.29, 1.82) is 0 Å². The molecule has 0 aliphatic heterocycles. The number of nitrogens with two attached hydrogens (primary N) is 1. The Labute approximate surface area is 178 Å². The van der Waals surface area contributed by atoms with E-state index in [0.717, 1.165) is 16.7 Å². The predicted molar refractivity (Wildman–Crippen MR) is 113 cm³/mol. The Kier molecular flexibility index (Phi) is 5.48. The smallest absolute Gasteiger partial charge is 0.412 e. The fraction of sp³-hybridized carbons (Fsp3) is 0.227. The molecule has 4 N–H and O–H groups in total. The van der Waals surface area contributed by atoms with Crippen LogP contribution in [0.1, 0.15) is 18.4 Å². The van der Waals surface area contributed by atoms with Crippen molar-refractivity contribution in [3.63, 3.8) is 0 Å². The fourth-order valence-corrected chi connectivity index (χ4v) is 3.08. The molecule has 9 heteroatoms. The molecule has 1 aliphatic rings. The van der Waals surface area contributed by atoms with Gasteiger partial charge in [-0.2, -0.15) is 5.10 Å². The Hall–Kier alpha value is -4.01. The van der Waals surface area contributed by atoms with Gasteiger partial charge in [0.25, 0.3) is 5.91 Å². The van der Waals surface area contributed by atoms with Crippen molar-refractivity contribution in [3.8, 4) is 22.6 Å². The van der Waals surface area contributed by atoms with E-state index in [1.165, 1.54) is 0 Å². The molecular formula is C22H22N4O5. The summed E-state index contributed by atoms with van der Waals surface area (Å²) in [4.78, 5) is 24.2. The number of amides is 2. The number of H-pyrrole nitrogens is 1. The summed E-state index contributed by atoms with van der Waals surface area (Å²) < 4.78 is 16.4. The van der Waals surface area contributed by atoms with E-state index in [2.05, 4.69) is 15.5 Å². The first-order chi connectivity index (χ1) is 15.0. The maximum absolute atomic E-state index is 12.4. The largest absolute Gasteiger partial charge is 0.497 e. The number of anilines is 1. The third-order valence-electron chi connectivity index (χ3n) is 5.01. The van der Waals surface area contributed by atoms with Crippen molar-refractivity contribution in [1.82, 2.24) is 10.2 Å². The van der Waals surface area contributed by atoms with E-state index in [0.29, 0.717) is 30.0 Å². The molecule has 1 aromatic heterocycles. The molecule has 0 saturated heterocycles. The molecule has 1 fully saturated rings. The zero-order chi connectivity index (χ0) is 21.8. The maximum atomic E-state index is 12.4. The van der Waals surface area contributed by atoms with E-state index >= 15 is 0 Å². The number of rotatable bonds is 8. The molecule has 0 atom stereocenters. The summed E-state index contributed by atoms with van der Waals surface area (Å²) in [6.07, 6.45) is 3.79. The second kappa shape index (κ2) is 8.39. The number of hydrogen-bond donors (Lipinski definition) is 3. The van der Waals surface area contributed by atoms with Crippen molar-refractivity contribution >= 4 is 17.7 Å². The average Bonchev–Trinajstić information content (AvgIpc) is 3.35. The Balaban J connectivity index is 1.50. The molecule has 2 amide bonds. The Morgan fingerprint density at radius 1 is 1.19 bits per heavy atom. The minimum absolute atomic E-state index is 0.0670. The van der Waals surface area contributed by atoms with Crippen molar-refractivity contribution in [2.24, 2.45) is 5.73 Å². The van der Waals surface area contributed by atoms with E-state index in [1.807, 2.05) is 12.1 Å². The molecule has 0 radical (unpaired) electrons. The first-order valence-electron chi connectivity index (χ1n) is 9.68. The van der Waals surface area contributed by atoms with Crippen LogP contribution in [0.25, 0.3) is 11.1 Å². The van der Waals surface area contributed by atoms with Crippen LogP contribution >= 0.6 is 0 Å². The number of carbonyl (C=O) groups is 2. The van der Waals surface area contributed by atoms with Crippen LogP contribution in [0.5, 0.6) is 11.5 Å². The van der Waals surface area contributed by atoms with Crippen LogP contribution in [0.15, 0.2) is 54.9 Å². The molecule has 31 heavy (non-hydrogen) atoms. The van der Waals surface area contributed by atoms with Crippen LogP contribution in [0.2, 0.25) is 0 Å². The molecule has 9 nitrogen and oxygen atoms in total. The first-order valence-corrected chi connectivity index (χ1v) is 9.68. The van der Waals surface area contributed by atoms with Gasteiger partial charge in [-0.25, -0.2) is 4.79 Å². The van der Waals surface area contributed by atoms with Gasteiger partial charge in [0.1, 0.15) is 18.1 Å². The van der Waals surface area contributed by atoms with Crippen LogP contribution in [0, 0.1) is 0 Å². The van der Waals surface area contributed by atoms with Crippen molar-refractivity contribution in [2.75, 3.05) is 12.4 Å². The van der Waals surface area contributed by atoms with Gasteiger partial charge in [-0.1, -0.05) is 18.2 Å². The topological polar surface area (TPSA) is 129 Å². The standard InChI is InChI=1S/C22H22N4O5/c1-29-17-4-2-3-14(9-17)13-30-21(28)26-18-6-5-15(16-11-24-25-12-16)10-19(18)31-22(7-8-22)20(23)27/h2-6,9-12H,7-8,13H2,1H3,(H2,23,27)(H,24,25)(H,26,28). The van der Waals surface area contributed by atoms with E-state index in [1.54, 1.807) is 49.8 Å². The summed E-state index contributed by atoms with van der Waals surface area (Å²) >= 11 is 0. The van der Waals surface area contributed by atoms with E-state index in [4.69, 9.17) is 19.9 Å². The number of carbonyl (C=O) groups excluding carboxylic acids is 2. The van der Waals surface area contributed by atoms with Gasteiger partial charge in [0.05, 0.1) is 19.0 Å². The van der Waals surface area contributed by atoms with E-state index in [9.17, 15) is 9.59 Å². The number of hydrogen-bond acceptors (Lipinski definition) is 6. The normalized spacial score (nSPS) is 13.8. The Bertz CT molecular complexity index is 1090. The molecule has 1 heterocycles. The van der Waals surface area contributed by atoms with Gasteiger partial charge in [-0.05, 0) is 35.4 Å². The van der Waals surface area contributed by atoms with Crippen LogP contribution in [-0.4, -0.2) is 34.9 Å². The molecule has 160 valence electrons. The Morgan fingerprint density at radius 3 is 2.71 bits per heavy atom. The summed E-state index contributed by atoms with van der Waals surface area (Å²) in [6.45, 7) is 0.0670. The maximum Gasteiger partial charge on any atom is 0.412 e. The number of benzene rings is 2. The van der Waals surface area contributed by atoms with Crippen molar-refractivity contribution in [2.45, 2.75) is 25.0 Å². The van der Waals surface area contributed by atoms with Crippen LogP contribution in [-0.2, 0) is 16.1 Å². The highest BCUT2D eigenvalue weighted by atomic mass is 16.5. The van der Waals surface area contributed by atoms with Crippen molar-refractivity contribution in [3.05, 3.63) is 60.4 Å². The van der Waals surface area contributed by atoms with E-state index < -0.39 is 17.6 Å². The van der Waals surface area contributed by atoms with Gasteiger partial charge in [-0.15, -0.1) is 0 Å². The molecule has 2 aromatic carbocycles. The summed E-state index contributed by atoms with van der Waals surface area (Å²) in [5, 5.41) is 9.37. The Morgan fingerprint density at radius 2 is 2.03 bits per heavy atom. The second-order valence-electron chi connectivity index (χ2n) is 7.21. The summed E-state index contributed by atoms with van der Waals surface area (Å²) in [5.74, 6) is 0.467. The first kappa shape index (κ1) is 20.3. The lowest BCUT2D eigenvalue weighted by atomic mass is 10.1. The molecule has 1 saturated carbocycles. The molecule has 0 unspecified atom stereocenters. The highest BCUT2D eigenvalue weighted by Gasteiger charge is 2.52. The minimum Gasteiger partial charge on any atom is -0.497 e. The van der Waals surface area contributed by atoms with Gasteiger partial charge < -0.3 is 19.9 Å². The average molecular weight is 422 g/mol. The second-order valence-corrected chi connectivity index (χ2v) is 7.21. The number of nitrogens with one attached hydrogen (secondary N) is 2. The highest BCUT2D eigenvalue weighted by Crippen LogP contribution is 2.43. The summed E-state index contributed by atoms with van der Waals surface area (Å²) in [7, 11) is 1.57. The summed E-state index contributed by atoms with van der Waals surface area (Å²) in [6, 6.07) is 12.4. The minimum atomic E-state index is -1.05. The predicted octanol–water partition coefficient (Wildman–Crippen LogP) is 3.23. The number of primary amides is 1. The molecular weight excluding hydrogens is 400 g/mol. The van der Waals surface area contributed by atoms with Crippen LogP contribution < -0.4 is 20.5 Å². The van der Waals surface area contributed by atoms with Gasteiger partial charge in [0.15, 0.2) is 5.60 Å². The van der Waals surface area contributed by atoms with Crippen molar-refractivity contribution < 1.29 is 23.8 Å². The zero-order valence-corrected chi connectivity index (χ0v) is 16.9. The van der Waals surface area contributed by atoms with Crippen LogP contribution in [0.3, 0.4) is 0 Å². The lowest BCUT2D eigenvalue weighted by Gasteiger charge is -2.19. The van der Waals surface area contributed by atoms with Crippen LogP contribution in [0.4, 0.5) is 10.5 Å². The molecule has 3 aromatic rings. The number of aromatic nitrogens is 2. The monoisotopic (exact) mass is 422 g/mol. The van der Waals surface area contributed by atoms with Gasteiger partial charge in [0, 0.05) is 24.6 Å². The third-order valence-corrected chi connectivity index (χ3v) is 5.01. The fourth-order valence-electron chi connectivity index (χ4n) is 3.08. The summed E-state index contributed by atoms with van der Waals surface area (Å²) in [5.41, 5.74) is 7.25. The highest BCUT2D eigenvalue weighted by molar-refractivity contribution is 5.90. The lowest BCUT2D eigenvalue weighted by Crippen LogP contribution is -2.36. The molecule has 0 bridgehead atoms. The number of aromatic amines is 1. The number of nitrogens with zero attached hydrogens (tertiary/aromatic N) is 1.